The zero-order chi connectivity index (χ0) is 11.4. The molecule has 0 aliphatic carbocycles. The molecular formula is C11H19N3OS. The van der Waals surface area contributed by atoms with Gasteiger partial charge >= 0.3 is 0 Å². The second-order valence-electron chi connectivity index (χ2n) is 4.15. The minimum atomic E-state index is 0.442. The van der Waals surface area contributed by atoms with Gasteiger partial charge in [-0.2, -0.15) is 0 Å². The number of aromatic nitrogens is 1. The number of likely N-dealkylation sites (tertiary alicyclic amines) is 1. The number of nitrogen functional groups attached to an aromatic ring is 1. The number of rotatable bonds is 4. The van der Waals surface area contributed by atoms with E-state index in [0.717, 1.165) is 25.4 Å². The molecule has 0 radical (unpaired) electrons. The van der Waals surface area contributed by atoms with E-state index in [1.54, 1.807) is 7.11 Å². The first kappa shape index (κ1) is 11.8. The van der Waals surface area contributed by atoms with Gasteiger partial charge in [0.05, 0.1) is 18.3 Å². The van der Waals surface area contributed by atoms with Crippen LogP contribution in [0.2, 0.25) is 0 Å². The molecule has 1 saturated heterocycles. The summed E-state index contributed by atoms with van der Waals surface area (Å²) in [5.74, 6) is 0. The minimum absolute atomic E-state index is 0.442. The standard InChI is InChI=1S/C11H19N3OS/c1-15-7-6-14-5-3-2-4-10(14)9-8-16-11(12)13-9/h8,10H,2-7H2,1H3,(H2,12,13). The van der Waals surface area contributed by atoms with Crippen molar-refractivity contribution in [2.45, 2.75) is 25.3 Å². The molecule has 4 nitrogen and oxygen atoms in total. The van der Waals surface area contributed by atoms with Gasteiger partial charge in [-0.05, 0) is 19.4 Å². The van der Waals surface area contributed by atoms with Crippen molar-refractivity contribution in [3.8, 4) is 0 Å². The van der Waals surface area contributed by atoms with Crippen molar-refractivity contribution in [3.63, 3.8) is 0 Å². The van der Waals surface area contributed by atoms with Crippen molar-refractivity contribution in [2.75, 3.05) is 32.5 Å². The van der Waals surface area contributed by atoms with Crippen LogP contribution in [0.5, 0.6) is 0 Å². The van der Waals surface area contributed by atoms with Crippen LogP contribution >= 0.6 is 11.3 Å². The fraction of sp³-hybridized carbons (Fsp3) is 0.727. The van der Waals surface area contributed by atoms with Crippen molar-refractivity contribution >= 4 is 16.5 Å². The van der Waals surface area contributed by atoms with Crippen LogP contribution < -0.4 is 5.73 Å². The smallest absolute Gasteiger partial charge is 0.180 e. The molecule has 1 atom stereocenters. The van der Waals surface area contributed by atoms with Gasteiger partial charge in [0.2, 0.25) is 0 Å². The van der Waals surface area contributed by atoms with Crippen LogP contribution in [0, 0.1) is 0 Å². The molecule has 2 rings (SSSR count). The van der Waals surface area contributed by atoms with Gasteiger partial charge in [0.25, 0.3) is 0 Å². The van der Waals surface area contributed by atoms with E-state index in [4.69, 9.17) is 10.5 Å². The van der Waals surface area contributed by atoms with E-state index in [2.05, 4.69) is 15.3 Å². The summed E-state index contributed by atoms with van der Waals surface area (Å²) < 4.78 is 5.15. The largest absolute Gasteiger partial charge is 0.383 e. The van der Waals surface area contributed by atoms with Gasteiger partial charge in [0.1, 0.15) is 0 Å². The Bertz CT molecular complexity index is 329. The molecule has 0 saturated carbocycles. The summed E-state index contributed by atoms with van der Waals surface area (Å²) in [6.07, 6.45) is 3.75. The lowest BCUT2D eigenvalue weighted by Gasteiger charge is -2.34. The number of ether oxygens (including phenoxy) is 1. The van der Waals surface area contributed by atoms with Gasteiger partial charge in [0.15, 0.2) is 5.13 Å². The lowest BCUT2D eigenvalue weighted by molar-refractivity contribution is 0.0946. The number of nitrogens with zero attached hydrogens (tertiary/aromatic N) is 2. The van der Waals surface area contributed by atoms with E-state index in [0.29, 0.717) is 11.2 Å². The van der Waals surface area contributed by atoms with E-state index < -0.39 is 0 Å². The highest BCUT2D eigenvalue weighted by atomic mass is 32.1. The summed E-state index contributed by atoms with van der Waals surface area (Å²) >= 11 is 1.53. The lowest BCUT2D eigenvalue weighted by Crippen LogP contribution is -2.35. The zero-order valence-electron chi connectivity index (χ0n) is 9.69. The molecule has 1 unspecified atom stereocenters. The highest BCUT2D eigenvalue weighted by Crippen LogP contribution is 2.31. The molecule has 1 aromatic rings. The average Bonchev–Trinajstić information content (AvgIpc) is 2.73. The summed E-state index contributed by atoms with van der Waals surface area (Å²) in [5.41, 5.74) is 6.83. The fourth-order valence-corrected chi connectivity index (χ4v) is 2.87. The zero-order valence-corrected chi connectivity index (χ0v) is 10.5. The van der Waals surface area contributed by atoms with Crippen molar-refractivity contribution in [3.05, 3.63) is 11.1 Å². The maximum atomic E-state index is 5.70. The Labute approximate surface area is 100 Å². The number of anilines is 1. The second kappa shape index (κ2) is 5.61. The van der Waals surface area contributed by atoms with Crippen LogP contribution in [0.25, 0.3) is 0 Å². The Hall–Kier alpha value is -0.650. The highest BCUT2D eigenvalue weighted by Gasteiger charge is 2.25. The van der Waals surface area contributed by atoms with Gasteiger partial charge < -0.3 is 10.5 Å². The van der Waals surface area contributed by atoms with Crippen LogP contribution in [-0.2, 0) is 4.74 Å². The molecule has 1 aliphatic rings. The Balaban J connectivity index is 2.04. The number of hydrogen-bond acceptors (Lipinski definition) is 5. The third-order valence-corrected chi connectivity index (χ3v) is 3.77. The quantitative estimate of drug-likeness (QED) is 0.874. The van der Waals surface area contributed by atoms with Gasteiger partial charge in [-0.3, -0.25) is 4.90 Å². The Morgan fingerprint density at radius 2 is 2.50 bits per heavy atom. The Kier molecular flexibility index (Phi) is 4.15. The summed E-state index contributed by atoms with van der Waals surface area (Å²) in [7, 11) is 1.75. The first-order chi connectivity index (χ1) is 7.81. The molecular weight excluding hydrogens is 222 g/mol. The molecule has 1 fully saturated rings. The first-order valence-corrected chi connectivity index (χ1v) is 6.63. The van der Waals surface area contributed by atoms with E-state index in [-0.39, 0.29) is 0 Å². The van der Waals surface area contributed by atoms with E-state index in [1.165, 1.54) is 30.6 Å². The molecule has 0 spiro atoms. The van der Waals surface area contributed by atoms with Crippen molar-refractivity contribution in [1.82, 2.24) is 9.88 Å². The van der Waals surface area contributed by atoms with Crippen molar-refractivity contribution in [1.29, 1.82) is 0 Å². The molecule has 1 aromatic heterocycles. The van der Waals surface area contributed by atoms with Crippen LogP contribution in [0.15, 0.2) is 5.38 Å². The maximum Gasteiger partial charge on any atom is 0.180 e. The van der Waals surface area contributed by atoms with Gasteiger partial charge in [0, 0.05) is 19.0 Å². The number of methoxy groups -OCH3 is 1. The minimum Gasteiger partial charge on any atom is -0.383 e. The number of nitrogens with two attached hydrogens (primary N) is 1. The molecule has 90 valence electrons. The maximum absolute atomic E-state index is 5.70. The van der Waals surface area contributed by atoms with Crippen molar-refractivity contribution < 1.29 is 4.74 Å². The average molecular weight is 241 g/mol. The van der Waals surface area contributed by atoms with E-state index in [9.17, 15) is 0 Å². The molecule has 0 aromatic carbocycles. The number of thiazole rings is 1. The Morgan fingerprint density at radius 1 is 1.62 bits per heavy atom. The van der Waals surface area contributed by atoms with Gasteiger partial charge in [-0.15, -0.1) is 11.3 Å². The molecule has 5 heteroatoms. The SMILES string of the molecule is COCCN1CCCCC1c1csc(N)n1. The van der Waals surface area contributed by atoms with Crippen LogP contribution in [-0.4, -0.2) is 36.7 Å². The third kappa shape index (κ3) is 2.72. The monoisotopic (exact) mass is 241 g/mol. The number of hydrogen-bond donors (Lipinski definition) is 1. The third-order valence-electron chi connectivity index (χ3n) is 3.08. The fourth-order valence-electron chi connectivity index (χ4n) is 2.26. The lowest BCUT2D eigenvalue weighted by atomic mass is 10.00. The summed E-state index contributed by atoms with van der Waals surface area (Å²) in [6, 6.07) is 0.442. The predicted molar refractivity (Wildman–Crippen MR) is 66.6 cm³/mol. The summed E-state index contributed by atoms with van der Waals surface area (Å²) in [6.45, 7) is 2.92. The Morgan fingerprint density at radius 3 is 3.19 bits per heavy atom. The molecule has 16 heavy (non-hydrogen) atoms. The number of piperidine rings is 1. The van der Waals surface area contributed by atoms with Gasteiger partial charge in [-0.1, -0.05) is 6.42 Å². The van der Waals surface area contributed by atoms with Gasteiger partial charge in [-0.25, -0.2) is 4.98 Å². The first-order valence-electron chi connectivity index (χ1n) is 5.75. The summed E-state index contributed by atoms with van der Waals surface area (Å²) in [5, 5.41) is 2.76. The molecule has 2 heterocycles. The topological polar surface area (TPSA) is 51.4 Å². The molecule has 2 N–H and O–H groups in total. The second-order valence-corrected chi connectivity index (χ2v) is 5.04. The van der Waals surface area contributed by atoms with E-state index >= 15 is 0 Å². The van der Waals surface area contributed by atoms with Crippen molar-refractivity contribution in [2.24, 2.45) is 0 Å². The highest BCUT2D eigenvalue weighted by molar-refractivity contribution is 7.13. The van der Waals surface area contributed by atoms with Crippen LogP contribution in [0.4, 0.5) is 5.13 Å². The normalized spacial score (nSPS) is 22.4. The molecule has 0 amide bonds. The van der Waals surface area contributed by atoms with E-state index in [1.807, 2.05) is 0 Å². The van der Waals surface area contributed by atoms with Crippen LogP contribution in [0.3, 0.4) is 0 Å². The molecule has 1 aliphatic heterocycles. The van der Waals surface area contributed by atoms with Crippen LogP contribution in [0.1, 0.15) is 31.0 Å². The predicted octanol–water partition coefficient (Wildman–Crippen LogP) is 1.90. The summed E-state index contributed by atoms with van der Waals surface area (Å²) in [4.78, 5) is 6.87. The molecule has 0 bridgehead atoms.